The van der Waals surface area contributed by atoms with Crippen molar-refractivity contribution in [3.8, 4) is 28.8 Å². The van der Waals surface area contributed by atoms with Crippen LogP contribution < -0.4 is 20.9 Å². The number of para-hydroxylation sites is 1. The van der Waals surface area contributed by atoms with Crippen molar-refractivity contribution in [1.82, 2.24) is 40.1 Å². The number of nitrogens with one attached hydrogen (secondary N) is 1. The lowest BCUT2D eigenvalue weighted by Crippen LogP contribution is -2.57. The predicted molar refractivity (Wildman–Crippen MR) is 161 cm³/mol. The summed E-state index contributed by atoms with van der Waals surface area (Å²) in [6.45, 7) is 5.67. The molecular weight excluding hydrogens is 546 g/mol. The van der Waals surface area contributed by atoms with Crippen LogP contribution in [0.15, 0.2) is 67.1 Å². The van der Waals surface area contributed by atoms with E-state index in [4.69, 9.17) is 5.73 Å². The van der Waals surface area contributed by atoms with Gasteiger partial charge in [0.2, 0.25) is 5.82 Å². The van der Waals surface area contributed by atoms with Crippen LogP contribution in [0.25, 0.3) is 16.9 Å². The number of fused-ring (bicyclic) bond motifs is 1. The Kier molecular flexibility index (Phi) is 7.40. The number of carbonyl (C=O) groups excluding carboxylic acids is 1. The molecule has 2 atom stereocenters. The number of anilines is 3. The maximum absolute atomic E-state index is 12.5. The molecule has 1 amide bonds. The van der Waals surface area contributed by atoms with Gasteiger partial charge in [0, 0.05) is 55.4 Å². The minimum atomic E-state index is -0.340. The largest absolute Gasteiger partial charge is 0.507 e. The zero-order valence-corrected chi connectivity index (χ0v) is 23.6. The van der Waals surface area contributed by atoms with Gasteiger partial charge in [0.05, 0.1) is 17.9 Å². The topological polar surface area (TPSA) is 164 Å². The molecule has 1 saturated heterocycles. The highest BCUT2D eigenvalue weighted by atomic mass is 16.3. The maximum atomic E-state index is 12.5. The van der Waals surface area contributed by atoms with Gasteiger partial charge in [0.25, 0.3) is 5.91 Å². The van der Waals surface area contributed by atoms with Crippen molar-refractivity contribution >= 4 is 28.9 Å². The summed E-state index contributed by atoms with van der Waals surface area (Å²) in [7, 11) is 0. The molecule has 1 fully saturated rings. The molecule has 13 heteroatoms. The van der Waals surface area contributed by atoms with Crippen LogP contribution in [0.5, 0.6) is 5.75 Å². The van der Waals surface area contributed by atoms with Crippen molar-refractivity contribution in [3.05, 3.63) is 78.6 Å². The van der Waals surface area contributed by atoms with Gasteiger partial charge in [-0.3, -0.25) is 4.79 Å². The van der Waals surface area contributed by atoms with Crippen molar-refractivity contribution < 1.29 is 9.90 Å². The number of hydrogen-bond donors (Lipinski definition) is 3. The van der Waals surface area contributed by atoms with Crippen LogP contribution in [0.3, 0.4) is 0 Å². The van der Waals surface area contributed by atoms with Crippen LogP contribution in [0.2, 0.25) is 0 Å². The van der Waals surface area contributed by atoms with Gasteiger partial charge in [-0.15, -0.1) is 10.2 Å². The zero-order valence-electron chi connectivity index (χ0n) is 23.6. The average Bonchev–Trinajstić information content (AvgIpc) is 3.46. The van der Waals surface area contributed by atoms with Crippen LogP contribution >= 0.6 is 0 Å². The monoisotopic (exact) mass is 575 g/mol. The van der Waals surface area contributed by atoms with Crippen molar-refractivity contribution in [2.24, 2.45) is 0 Å². The summed E-state index contributed by atoms with van der Waals surface area (Å²) < 4.78 is 1.54. The Hall–Kier alpha value is -5.77. The number of amides is 1. The second-order valence-electron chi connectivity index (χ2n) is 10.2. The highest BCUT2D eigenvalue weighted by Crippen LogP contribution is 2.34. The predicted octanol–water partition coefficient (Wildman–Crippen LogP) is 2.15. The molecule has 0 unspecified atom stereocenters. The fourth-order valence-corrected chi connectivity index (χ4v) is 5.07. The number of nitrogen functional groups attached to an aromatic ring is 1. The van der Waals surface area contributed by atoms with E-state index in [1.807, 2.05) is 18.2 Å². The molecule has 0 aliphatic carbocycles. The van der Waals surface area contributed by atoms with Crippen LogP contribution in [0, 0.1) is 11.8 Å². The second kappa shape index (κ2) is 11.6. The van der Waals surface area contributed by atoms with Gasteiger partial charge in [-0.05, 0) is 50.1 Å². The number of nitrogens with zero attached hydrogens (tertiary/aromatic N) is 9. The molecule has 216 valence electrons. The number of aromatic nitrogens is 7. The first-order chi connectivity index (χ1) is 20.9. The number of carbonyl (C=O) groups is 1. The number of nitrogens with two attached hydrogens (primary N) is 1. The molecule has 0 spiro atoms. The van der Waals surface area contributed by atoms with E-state index in [9.17, 15) is 9.90 Å². The Morgan fingerprint density at radius 2 is 1.86 bits per heavy atom. The van der Waals surface area contributed by atoms with Crippen LogP contribution in [-0.2, 0) is 0 Å². The number of piperazine rings is 1. The molecule has 5 aromatic rings. The van der Waals surface area contributed by atoms with Gasteiger partial charge in [0.15, 0.2) is 17.2 Å². The molecule has 43 heavy (non-hydrogen) atoms. The van der Waals surface area contributed by atoms with Gasteiger partial charge in [-0.2, -0.15) is 5.10 Å². The number of rotatable bonds is 5. The van der Waals surface area contributed by atoms with Gasteiger partial charge in [-0.1, -0.05) is 18.1 Å². The van der Waals surface area contributed by atoms with Crippen molar-refractivity contribution in [3.63, 3.8) is 0 Å². The van der Waals surface area contributed by atoms with Crippen LogP contribution in [0.4, 0.5) is 17.3 Å². The van der Waals surface area contributed by atoms with Gasteiger partial charge >= 0.3 is 0 Å². The number of benzene rings is 1. The maximum Gasteiger partial charge on any atom is 0.272 e. The average molecular weight is 576 g/mol. The number of phenolic OH excluding ortho intramolecular Hbond substituents is 1. The summed E-state index contributed by atoms with van der Waals surface area (Å²) >= 11 is 0. The Balaban J connectivity index is 1.12. The molecule has 13 nitrogen and oxygen atoms in total. The summed E-state index contributed by atoms with van der Waals surface area (Å²) in [5.41, 5.74) is 9.04. The fourth-order valence-electron chi connectivity index (χ4n) is 5.07. The zero-order chi connectivity index (χ0) is 29.9. The molecule has 0 radical (unpaired) electrons. The van der Waals surface area contributed by atoms with E-state index in [0.717, 1.165) is 11.5 Å². The first-order valence-corrected chi connectivity index (χ1v) is 13.7. The van der Waals surface area contributed by atoms with E-state index in [0.29, 0.717) is 41.6 Å². The summed E-state index contributed by atoms with van der Waals surface area (Å²) in [5.74, 6) is 7.10. The van der Waals surface area contributed by atoms with Crippen LogP contribution in [-0.4, -0.2) is 77.5 Å². The summed E-state index contributed by atoms with van der Waals surface area (Å²) in [6.07, 6.45) is 5.05. The smallest absolute Gasteiger partial charge is 0.272 e. The number of hydrogen-bond acceptors (Lipinski definition) is 11. The first kappa shape index (κ1) is 27.4. The highest BCUT2D eigenvalue weighted by Gasteiger charge is 2.32. The Bertz CT molecular complexity index is 1830. The Labute approximate surface area is 247 Å². The second-order valence-corrected chi connectivity index (χ2v) is 10.2. The Morgan fingerprint density at radius 3 is 2.70 bits per heavy atom. The lowest BCUT2D eigenvalue weighted by molar-refractivity contribution is 0.0953. The molecule has 1 aliphatic heterocycles. The molecular formula is C30H29N11O2. The SMILES string of the molecule is C[C@H]1CN(c2cc(-c3ccccc3O)nnc2N)[C@@H](C)CN1c1ccnc(C#CCNC(=O)c2cc3ncccn3n2)n1. The molecule has 1 aliphatic rings. The summed E-state index contributed by atoms with van der Waals surface area (Å²) in [6, 6.07) is 14.3. The Morgan fingerprint density at radius 1 is 1.05 bits per heavy atom. The van der Waals surface area contributed by atoms with Gasteiger partial charge in [-0.25, -0.2) is 19.5 Å². The van der Waals surface area contributed by atoms with Crippen molar-refractivity contribution in [2.75, 3.05) is 35.2 Å². The van der Waals surface area contributed by atoms with Gasteiger partial charge in [0.1, 0.15) is 11.6 Å². The summed E-state index contributed by atoms with van der Waals surface area (Å²) in [4.78, 5) is 30.0. The first-order valence-electron chi connectivity index (χ1n) is 13.7. The lowest BCUT2D eigenvalue weighted by atomic mass is 10.1. The molecule has 0 saturated carbocycles. The van der Waals surface area contributed by atoms with E-state index in [-0.39, 0.29) is 36.0 Å². The van der Waals surface area contributed by atoms with E-state index in [2.05, 4.69) is 71.1 Å². The quantitative estimate of drug-likeness (QED) is 0.263. The molecule has 6 rings (SSSR count). The molecule has 4 N–H and O–H groups in total. The van der Waals surface area contributed by atoms with E-state index >= 15 is 0 Å². The van der Waals surface area contributed by atoms with Crippen molar-refractivity contribution in [1.29, 1.82) is 0 Å². The van der Waals surface area contributed by atoms with Crippen molar-refractivity contribution in [2.45, 2.75) is 25.9 Å². The molecule has 1 aromatic carbocycles. The number of phenols is 1. The van der Waals surface area contributed by atoms with E-state index in [1.165, 1.54) is 4.52 Å². The summed E-state index contributed by atoms with van der Waals surface area (Å²) in [5, 5.41) is 25.7. The lowest BCUT2D eigenvalue weighted by Gasteiger charge is -2.45. The third-order valence-electron chi connectivity index (χ3n) is 7.22. The standard InChI is InChI=1S/C30H29N11O2/c1-19-18-40(20(2)17-39(19)24-15-22(36-37-29(24)31)21-7-3-4-8-25(21)42)27-10-13-32-26(35-27)9-5-11-34-30(43)23-16-28-33-12-6-14-41(28)38-23/h3-4,6-8,10,12-16,19-20,42H,11,17-18H2,1-2H3,(H2,31,37)(H,34,43)/t19-,20-/m0/s1. The van der Waals surface area contributed by atoms with E-state index in [1.54, 1.807) is 48.9 Å². The third kappa shape index (κ3) is 5.71. The van der Waals surface area contributed by atoms with Crippen LogP contribution in [0.1, 0.15) is 30.2 Å². The molecule has 0 bridgehead atoms. The fraction of sp³-hybridized carbons (Fsp3) is 0.233. The molecule has 5 heterocycles. The minimum absolute atomic E-state index is 0.0643. The van der Waals surface area contributed by atoms with Gasteiger partial charge < -0.3 is 26.0 Å². The molecule has 4 aromatic heterocycles. The normalized spacial score (nSPS) is 16.5. The minimum Gasteiger partial charge on any atom is -0.507 e. The third-order valence-corrected chi connectivity index (χ3v) is 7.22. The number of aromatic hydroxyl groups is 1. The van der Waals surface area contributed by atoms with E-state index < -0.39 is 0 Å². The highest BCUT2D eigenvalue weighted by molar-refractivity contribution is 5.93.